The van der Waals surface area contributed by atoms with Crippen LogP contribution in [0.15, 0.2) is 53.8 Å². The number of ketones is 1. The van der Waals surface area contributed by atoms with Crippen LogP contribution in [0, 0.1) is 13.8 Å². The zero-order valence-corrected chi connectivity index (χ0v) is 18.6. The van der Waals surface area contributed by atoms with Crippen LogP contribution in [0.4, 0.5) is 0 Å². The van der Waals surface area contributed by atoms with E-state index in [0.29, 0.717) is 16.7 Å². The number of hydrogen-bond donors (Lipinski definition) is 0. The lowest BCUT2D eigenvalue weighted by molar-refractivity contribution is 0.0727. The summed E-state index contributed by atoms with van der Waals surface area (Å²) in [5, 5.41) is -0.662. The van der Waals surface area contributed by atoms with Gasteiger partial charge >= 0.3 is 5.97 Å². The Labute approximate surface area is 185 Å². The SMILES string of the molecule is CC(=O)c1ccc(OC(=O)c2nc(S(=O)(=O)Cc3cccc(C)c3)ncc2Cl)cc1C. The van der Waals surface area contributed by atoms with Crippen molar-refractivity contribution in [3.63, 3.8) is 0 Å². The topological polar surface area (TPSA) is 103 Å². The van der Waals surface area contributed by atoms with Gasteiger partial charge in [0.2, 0.25) is 15.0 Å². The number of nitrogens with zero attached hydrogens (tertiary/aromatic N) is 2. The summed E-state index contributed by atoms with van der Waals surface area (Å²) < 4.78 is 30.8. The molecule has 7 nitrogen and oxygen atoms in total. The minimum absolute atomic E-state index is 0.113. The van der Waals surface area contributed by atoms with Crippen LogP contribution in [0.25, 0.3) is 0 Å². The average molecular weight is 459 g/mol. The van der Waals surface area contributed by atoms with Crippen LogP contribution in [0.3, 0.4) is 0 Å². The van der Waals surface area contributed by atoms with Crippen molar-refractivity contribution < 1.29 is 22.7 Å². The highest BCUT2D eigenvalue weighted by Crippen LogP contribution is 2.22. The first-order valence-corrected chi connectivity index (χ1v) is 11.2. The van der Waals surface area contributed by atoms with Crippen molar-refractivity contribution in [2.75, 3.05) is 0 Å². The van der Waals surface area contributed by atoms with E-state index < -0.39 is 21.0 Å². The summed E-state index contributed by atoms with van der Waals surface area (Å²) in [5.74, 6) is -1.20. The van der Waals surface area contributed by atoms with Gasteiger partial charge in [0.1, 0.15) is 5.75 Å². The van der Waals surface area contributed by atoms with E-state index >= 15 is 0 Å². The van der Waals surface area contributed by atoms with Gasteiger partial charge in [0.15, 0.2) is 11.5 Å². The van der Waals surface area contributed by atoms with Crippen molar-refractivity contribution >= 4 is 33.2 Å². The van der Waals surface area contributed by atoms with Crippen molar-refractivity contribution in [1.82, 2.24) is 9.97 Å². The molecule has 1 heterocycles. The van der Waals surface area contributed by atoms with Crippen LogP contribution in [-0.2, 0) is 15.6 Å². The van der Waals surface area contributed by atoms with Crippen molar-refractivity contribution in [1.29, 1.82) is 0 Å². The van der Waals surface area contributed by atoms with Crippen LogP contribution < -0.4 is 4.74 Å². The predicted molar refractivity (Wildman–Crippen MR) is 115 cm³/mol. The van der Waals surface area contributed by atoms with E-state index in [1.54, 1.807) is 31.2 Å². The van der Waals surface area contributed by atoms with E-state index in [-0.39, 0.29) is 28.0 Å². The monoisotopic (exact) mass is 458 g/mol. The molecule has 0 saturated carbocycles. The van der Waals surface area contributed by atoms with E-state index in [1.165, 1.54) is 19.1 Å². The van der Waals surface area contributed by atoms with Crippen LogP contribution in [-0.4, -0.2) is 30.1 Å². The lowest BCUT2D eigenvalue weighted by atomic mass is 10.1. The number of sulfone groups is 1. The molecule has 0 aliphatic heterocycles. The molecular formula is C22H19ClN2O5S. The molecule has 0 fully saturated rings. The molecule has 2 aromatic carbocycles. The van der Waals surface area contributed by atoms with Gasteiger partial charge in [-0.15, -0.1) is 0 Å². The highest BCUT2D eigenvalue weighted by molar-refractivity contribution is 7.90. The average Bonchev–Trinajstić information content (AvgIpc) is 2.67. The molecule has 1 aromatic heterocycles. The van der Waals surface area contributed by atoms with Gasteiger partial charge in [-0.05, 0) is 50.1 Å². The van der Waals surface area contributed by atoms with Crippen molar-refractivity contribution in [3.05, 3.63) is 81.6 Å². The quantitative estimate of drug-likeness (QED) is 0.236. The molecule has 0 amide bonds. The summed E-state index contributed by atoms with van der Waals surface area (Å²) in [5.41, 5.74) is 2.26. The Kier molecular flexibility index (Phi) is 6.52. The third kappa shape index (κ3) is 5.34. The number of esters is 1. The molecule has 0 bridgehead atoms. The minimum Gasteiger partial charge on any atom is -0.422 e. The van der Waals surface area contributed by atoms with Gasteiger partial charge < -0.3 is 4.74 Å². The molecule has 0 aliphatic carbocycles. The zero-order valence-electron chi connectivity index (χ0n) is 17.0. The Hall–Kier alpha value is -3.10. The fraction of sp³-hybridized carbons (Fsp3) is 0.182. The molecule has 0 radical (unpaired) electrons. The maximum atomic E-state index is 12.8. The molecule has 160 valence electrons. The standard InChI is InChI=1S/C22H19ClN2O5S/c1-13-5-4-6-16(9-13)12-31(28,29)22-24-11-19(23)20(25-22)21(27)30-17-7-8-18(15(3)26)14(2)10-17/h4-11H,12H2,1-3H3. The van der Waals surface area contributed by atoms with Gasteiger partial charge in [0, 0.05) is 5.56 Å². The Morgan fingerprint density at radius 2 is 1.84 bits per heavy atom. The first-order chi connectivity index (χ1) is 14.6. The lowest BCUT2D eigenvalue weighted by Gasteiger charge is -2.09. The second kappa shape index (κ2) is 8.95. The smallest absolute Gasteiger partial charge is 0.364 e. The number of Topliss-reactive ketones (excluding diaryl/α,β-unsaturated/α-hetero) is 1. The summed E-state index contributed by atoms with van der Waals surface area (Å²) in [7, 11) is -3.92. The maximum absolute atomic E-state index is 12.8. The number of aromatic nitrogens is 2. The van der Waals surface area contributed by atoms with E-state index in [9.17, 15) is 18.0 Å². The molecule has 3 aromatic rings. The maximum Gasteiger partial charge on any atom is 0.364 e. The highest BCUT2D eigenvalue weighted by Gasteiger charge is 2.24. The highest BCUT2D eigenvalue weighted by atomic mass is 35.5. The van der Waals surface area contributed by atoms with Gasteiger partial charge in [-0.2, -0.15) is 0 Å². The molecule has 0 spiro atoms. The van der Waals surface area contributed by atoms with Crippen LogP contribution in [0.2, 0.25) is 5.02 Å². The van der Waals surface area contributed by atoms with Gasteiger partial charge in [0.05, 0.1) is 17.0 Å². The summed E-state index contributed by atoms with van der Waals surface area (Å²) >= 11 is 6.02. The first kappa shape index (κ1) is 22.6. The van der Waals surface area contributed by atoms with Crippen molar-refractivity contribution in [2.24, 2.45) is 0 Å². The van der Waals surface area contributed by atoms with Crippen molar-refractivity contribution in [3.8, 4) is 5.75 Å². The van der Waals surface area contributed by atoms with Crippen LogP contribution in [0.5, 0.6) is 5.75 Å². The van der Waals surface area contributed by atoms with E-state index in [2.05, 4.69) is 9.97 Å². The Balaban J connectivity index is 1.87. The van der Waals surface area contributed by atoms with Gasteiger partial charge in [-0.1, -0.05) is 41.4 Å². The molecule has 0 saturated heterocycles. The molecular weight excluding hydrogens is 440 g/mol. The van der Waals surface area contributed by atoms with E-state index in [1.807, 2.05) is 13.0 Å². The largest absolute Gasteiger partial charge is 0.422 e. The molecule has 31 heavy (non-hydrogen) atoms. The Morgan fingerprint density at radius 1 is 1.10 bits per heavy atom. The zero-order chi connectivity index (χ0) is 22.8. The number of hydrogen-bond acceptors (Lipinski definition) is 7. The molecule has 0 unspecified atom stereocenters. The molecule has 0 N–H and O–H groups in total. The fourth-order valence-electron chi connectivity index (χ4n) is 2.98. The van der Waals surface area contributed by atoms with E-state index in [0.717, 1.165) is 11.8 Å². The summed E-state index contributed by atoms with van der Waals surface area (Å²) in [6, 6.07) is 11.6. The lowest BCUT2D eigenvalue weighted by Crippen LogP contribution is -2.16. The van der Waals surface area contributed by atoms with Crippen LogP contribution >= 0.6 is 11.6 Å². The summed E-state index contributed by atoms with van der Waals surface area (Å²) in [6.07, 6.45) is 1.05. The molecule has 3 rings (SSSR count). The number of benzene rings is 2. The van der Waals surface area contributed by atoms with Gasteiger partial charge in [-0.25, -0.2) is 23.2 Å². The molecule has 0 atom stereocenters. The third-order valence-corrected chi connectivity index (χ3v) is 6.16. The second-order valence-corrected chi connectivity index (χ2v) is 9.31. The minimum atomic E-state index is -3.92. The number of carbonyl (C=O) groups is 2. The third-order valence-electron chi connectivity index (χ3n) is 4.42. The fourth-order valence-corrected chi connectivity index (χ4v) is 4.34. The van der Waals surface area contributed by atoms with Crippen LogP contribution in [0.1, 0.15) is 44.5 Å². The molecule has 0 aliphatic rings. The normalized spacial score (nSPS) is 11.2. The number of ether oxygens (including phenoxy) is 1. The first-order valence-electron chi connectivity index (χ1n) is 9.21. The number of rotatable bonds is 6. The van der Waals surface area contributed by atoms with Gasteiger partial charge in [-0.3, -0.25) is 4.79 Å². The summed E-state index contributed by atoms with van der Waals surface area (Å²) in [6.45, 7) is 5.00. The number of aryl methyl sites for hydroxylation is 2. The molecule has 9 heteroatoms. The van der Waals surface area contributed by atoms with Crippen molar-refractivity contribution in [2.45, 2.75) is 31.7 Å². The summed E-state index contributed by atoms with van der Waals surface area (Å²) in [4.78, 5) is 31.8. The Bertz CT molecular complexity index is 1290. The Morgan fingerprint density at radius 3 is 2.48 bits per heavy atom. The van der Waals surface area contributed by atoms with Gasteiger partial charge in [0.25, 0.3) is 0 Å². The number of carbonyl (C=O) groups excluding carboxylic acids is 2. The number of halogens is 1. The predicted octanol–water partition coefficient (Wildman–Crippen LogP) is 4.14. The van der Waals surface area contributed by atoms with E-state index in [4.69, 9.17) is 16.3 Å². The second-order valence-electron chi connectivity index (χ2n) is 7.02.